The normalized spacial score (nSPS) is 11.2. The van der Waals surface area contributed by atoms with E-state index in [2.05, 4.69) is 0 Å². The van der Waals surface area contributed by atoms with E-state index >= 15 is 0 Å². The van der Waals surface area contributed by atoms with Crippen LogP contribution >= 0.6 is 0 Å². The van der Waals surface area contributed by atoms with Crippen LogP contribution in [0.2, 0.25) is 0 Å². The summed E-state index contributed by atoms with van der Waals surface area (Å²) in [4.78, 5) is 21.0. The van der Waals surface area contributed by atoms with Crippen LogP contribution in [0.5, 0.6) is 0 Å². The first kappa shape index (κ1) is 11.3. The van der Waals surface area contributed by atoms with Crippen LogP contribution in [0.15, 0.2) is 0 Å². The molecule has 0 rings (SSSR count). The molecule has 0 atom stereocenters. The van der Waals surface area contributed by atoms with E-state index in [0.29, 0.717) is 19.3 Å². The van der Waals surface area contributed by atoms with Crippen LogP contribution in [-0.4, -0.2) is 22.8 Å². The number of aliphatic hydroxyl groups is 1. The Morgan fingerprint density at radius 2 is 2.08 bits per heavy atom. The Bertz CT molecular complexity index is 156. The van der Waals surface area contributed by atoms with Crippen molar-refractivity contribution in [2.45, 2.75) is 45.1 Å². The molecule has 0 aromatic rings. The first-order chi connectivity index (χ1) is 5.45. The lowest BCUT2D eigenvalue weighted by Crippen LogP contribution is -2.23. The maximum Gasteiger partial charge on any atom is 0.135 e. The van der Waals surface area contributed by atoms with Crippen LogP contribution in [0.3, 0.4) is 0 Å². The largest absolute Gasteiger partial charge is 0.390 e. The fourth-order valence-corrected chi connectivity index (χ4v) is 0.953. The highest BCUT2D eigenvalue weighted by Gasteiger charge is 2.16. The van der Waals surface area contributed by atoms with Gasteiger partial charge in [-0.3, -0.25) is 4.79 Å². The molecule has 0 unspecified atom stereocenters. The molecule has 0 bridgehead atoms. The molecule has 0 aromatic heterocycles. The number of hydrogen-bond donors (Lipinski definition) is 1. The van der Waals surface area contributed by atoms with Crippen LogP contribution in [0.4, 0.5) is 0 Å². The molecule has 0 amide bonds. The summed E-state index contributed by atoms with van der Waals surface area (Å²) in [6.45, 7) is 3.20. The Morgan fingerprint density at radius 1 is 1.50 bits per heavy atom. The minimum Gasteiger partial charge on any atom is -0.390 e. The smallest absolute Gasteiger partial charge is 0.135 e. The van der Waals surface area contributed by atoms with E-state index in [1.54, 1.807) is 13.8 Å². The minimum atomic E-state index is -0.918. The third-order valence-corrected chi connectivity index (χ3v) is 1.41. The summed E-state index contributed by atoms with van der Waals surface area (Å²) in [5.74, 6) is 0.0179. The molecule has 3 nitrogen and oxygen atoms in total. The van der Waals surface area contributed by atoms with Crippen LogP contribution in [0.25, 0.3) is 0 Å². The summed E-state index contributed by atoms with van der Waals surface area (Å²) in [5.41, 5.74) is -0.918. The number of hydrogen-bond acceptors (Lipinski definition) is 3. The standard InChI is InChI=1S/C9H16O3/c1-9(2,12)7-8(11)5-3-4-6-10/h6,12H,3-5,7H2,1-2H3. The van der Waals surface area contributed by atoms with Crippen molar-refractivity contribution in [3.8, 4) is 0 Å². The van der Waals surface area contributed by atoms with Crippen LogP contribution in [0.1, 0.15) is 39.5 Å². The molecule has 70 valence electrons. The number of ketones is 1. The van der Waals surface area contributed by atoms with E-state index in [1.807, 2.05) is 0 Å². The molecule has 1 N–H and O–H groups in total. The van der Waals surface area contributed by atoms with Crippen molar-refractivity contribution < 1.29 is 14.7 Å². The zero-order chi connectivity index (χ0) is 9.61. The molecule has 0 radical (unpaired) electrons. The van der Waals surface area contributed by atoms with Crippen LogP contribution in [0, 0.1) is 0 Å². The van der Waals surface area contributed by atoms with Gasteiger partial charge in [0.2, 0.25) is 0 Å². The summed E-state index contributed by atoms with van der Waals surface area (Å²) in [7, 11) is 0. The number of rotatable bonds is 6. The maximum atomic E-state index is 11.1. The number of aldehydes is 1. The summed E-state index contributed by atoms with van der Waals surface area (Å²) >= 11 is 0. The molecule has 0 heterocycles. The fourth-order valence-electron chi connectivity index (χ4n) is 0.953. The highest BCUT2D eigenvalue weighted by atomic mass is 16.3. The topological polar surface area (TPSA) is 54.4 Å². The van der Waals surface area contributed by atoms with Gasteiger partial charge in [-0.25, -0.2) is 0 Å². The first-order valence-electron chi connectivity index (χ1n) is 4.13. The number of carbonyl (C=O) groups excluding carboxylic acids is 2. The van der Waals surface area contributed by atoms with Gasteiger partial charge in [0.1, 0.15) is 12.1 Å². The fraction of sp³-hybridized carbons (Fsp3) is 0.778. The molecular weight excluding hydrogens is 156 g/mol. The Hall–Kier alpha value is -0.700. The molecule has 0 saturated carbocycles. The zero-order valence-corrected chi connectivity index (χ0v) is 7.67. The maximum absolute atomic E-state index is 11.1. The Balaban J connectivity index is 3.53. The van der Waals surface area contributed by atoms with Crippen molar-refractivity contribution in [2.24, 2.45) is 0 Å². The minimum absolute atomic E-state index is 0.0179. The average molecular weight is 172 g/mol. The molecule has 0 aliphatic carbocycles. The Morgan fingerprint density at radius 3 is 2.50 bits per heavy atom. The van der Waals surface area contributed by atoms with Crippen molar-refractivity contribution in [3.63, 3.8) is 0 Å². The third-order valence-electron chi connectivity index (χ3n) is 1.41. The lowest BCUT2D eigenvalue weighted by Gasteiger charge is -2.15. The number of unbranched alkanes of at least 4 members (excludes halogenated alkanes) is 1. The van der Waals surface area contributed by atoms with Gasteiger partial charge in [-0.15, -0.1) is 0 Å². The molecule has 0 fully saturated rings. The highest BCUT2D eigenvalue weighted by Crippen LogP contribution is 2.10. The van der Waals surface area contributed by atoms with Gasteiger partial charge in [0.25, 0.3) is 0 Å². The summed E-state index contributed by atoms with van der Waals surface area (Å²) < 4.78 is 0. The quantitative estimate of drug-likeness (QED) is 0.482. The van der Waals surface area contributed by atoms with E-state index < -0.39 is 5.60 Å². The van der Waals surface area contributed by atoms with Gasteiger partial charge in [0, 0.05) is 19.3 Å². The second-order valence-electron chi connectivity index (χ2n) is 3.59. The van der Waals surface area contributed by atoms with Crippen molar-refractivity contribution in [3.05, 3.63) is 0 Å². The number of Topliss-reactive ketones (excluding diaryl/α,β-unsaturated/α-hetero) is 1. The van der Waals surface area contributed by atoms with Crippen LogP contribution < -0.4 is 0 Å². The second-order valence-corrected chi connectivity index (χ2v) is 3.59. The van der Waals surface area contributed by atoms with E-state index in [-0.39, 0.29) is 12.2 Å². The zero-order valence-electron chi connectivity index (χ0n) is 7.67. The Kier molecular flexibility index (Phi) is 4.74. The van der Waals surface area contributed by atoms with Crippen molar-refractivity contribution in [1.29, 1.82) is 0 Å². The average Bonchev–Trinajstić information content (AvgIpc) is 1.84. The van der Waals surface area contributed by atoms with Gasteiger partial charge in [-0.05, 0) is 20.3 Å². The van der Waals surface area contributed by atoms with Crippen molar-refractivity contribution in [1.82, 2.24) is 0 Å². The van der Waals surface area contributed by atoms with Crippen molar-refractivity contribution >= 4 is 12.1 Å². The van der Waals surface area contributed by atoms with E-state index in [4.69, 9.17) is 0 Å². The van der Waals surface area contributed by atoms with Gasteiger partial charge < -0.3 is 9.90 Å². The Labute approximate surface area is 72.8 Å². The van der Waals surface area contributed by atoms with Crippen molar-refractivity contribution in [2.75, 3.05) is 0 Å². The third kappa shape index (κ3) is 7.41. The second kappa shape index (κ2) is 5.04. The van der Waals surface area contributed by atoms with E-state index in [9.17, 15) is 14.7 Å². The predicted octanol–water partition coefficient (Wildman–Crippen LogP) is 1.09. The molecule has 3 heteroatoms. The monoisotopic (exact) mass is 172 g/mol. The molecule has 12 heavy (non-hydrogen) atoms. The molecule has 0 saturated heterocycles. The summed E-state index contributed by atoms with van der Waals surface area (Å²) in [6.07, 6.45) is 2.39. The van der Waals surface area contributed by atoms with Crippen LogP contribution in [-0.2, 0) is 9.59 Å². The van der Waals surface area contributed by atoms with Gasteiger partial charge in [-0.1, -0.05) is 0 Å². The molecule has 0 aliphatic rings. The van der Waals surface area contributed by atoms with Gasteiger partial charge in [0.15, 0.2) is 0 Å². The van der Waals surface area contributed by atoms with Gasteiger partial charge in [0.05, 0.1) is 5.60 Å². The van der Waals surface area contributed by atoms with Gasteiger partial charge in [-0.2, -0.15) is 0 Å². The predicted molar refractivity (Wildman–Crippen MR) is 45.8 cm³/mol. The number of carbonyl (C=O) groups is 2. The first-order valence-corrected chi connectivity index (χ1v) is 4.13. The lowest BCUT2D eigenvalue weighted by atomic mass is 9.99. The van der Waals surface area contributed by atoms with E-state index in [0.717, 1.165) is 6.29 Å². The highest BCUT2D eigenvalue weighted by molar-refractivity contribution is 5.79. The lowest BCUT2D eigenvalue weighted by molar-refractivity contribution is -0.122. The van der Waals surface area contributed by atoms with Gasteiger partial charge >= 0.3 is 0 Å². The SMILES string of the molecule is CC(C)(O)CC(=O)CCCC=O. The molecule has 0 aromatic carbocycles. The molecule has 0 aliphatic heterocycles. The summed E-state index contributed by atoms with van der Waals surface area (Å²) in [5, 5.41) is 9.25. The summed E-state index contributed by atoms with van der Waals surface area (Å²) in [6, 6.07) is 0. The van der Waals surface area contributed by atoms with E-state index in [1.165, 1.54) is 0 Å². The molecular formula is C9H16O3. The molecule has 0 spiro atoms.